The molecule has 1 aliphatic carbocycles. The minimum absolute atomic E-state index is 0.585. The molecule has 5 nitrogen and oxygen atoms in total. The quantitative estimate of drug-likeness (QED) is 0.472. The number of nitrogens with zero attached hydrogens (tertiary/aromatic N) is 1. The van der Waals surface area contributed by atoms with Crippen molar-refractivity contribution in [3.05, 3.63) is 10.1 Å². The third-order valence-electron chi connectivity index (χ3n) is 1.89. The fourth-order valence-electron chi connectivity index (χ4n) is 1.31. The van der Waals surface area contributed by atoms with Crippen LogP contribution in [-0.4, -0.2) is 22.4 Å². The zero-order valence-electron chi connectivity index (χ0n) is 6.10. The lowest BCUT2D eigenvalue weighted by atomic mass is 9.95. The monoisotopic (exact) mass is 161 g/mol. The summed E-state index contributed by atoms with van der Waals surface area (Å²) in [4.78, 5) is 14.2. The topological polar surface area (TPSA) is 72.6 Å². The average Bonchev–Trinajstić information content (AvgIpc) is 1.93. The lowest BCUT2D eigenvalue weighted by Crippen LogP contribution is -2.33. The molecule has 2 atom stereocenters. The van der Waals surface area contributed by atoms with Crippen LogP contribution in [0.5, 0.6) is 0 Å². The van der Waals surface area contributed by atoms with Gasteiger partial charge >= 0.3 is 0 Å². The fraction of sp³-hybridized carbons (Fsp3) is 1.00. The van der Waals surface area contributed by atoms with Crippen molar-refractivity contribution in [1.82, 2.24) is 0 Å². The molecule has 0 spiro atoms. The van der Waals surface area contributed by atoms with Crippen LogP contribution >= 0.6 is 0 Å². The SMILES string of the molecule is O=[N+]([O-])O[C@H]1CCCC[C@H]1O. The van der Waals surface area contributed by atoms with Gasteiger partial charge in [-0.25, -0.2) is 0 Å². The van der Waals surface area contributed by atoms with Crippen molar-refractivity contribution in [2.24, 2.45) is 0 Å². The minimum Gasteiger partial charge on any atom is -0.391 e. The van der Waals surface area contributed by atoms with Gasteiger partial charge in [-0.15, -0.1) is 10.1 Å². The van der Waals surface area contributed by atoms with Crippen LogP contribution in [0, 0.1) is 10.1 Å². The van der Waals surface area contributed by atoms with Crippen molar-refractivity contribution in [1.29, 1.82) is 0 Å². The van der Waals surface area contributed by atoms with Crippen molar-refractivity contribution in [2.75, 3.05) is 0 Å². The molecule has 0 amide bonds. The minimum atomic E-state index is -0.834. The van der Waals surface area contributed by atoms with E-state index in [2.05, 4.69) is 4.84 Å². The molecule has 1 aliphatic rings. The Morgan fingerprint density at radius 2 is 2.09 bits per heavy atom. The summed E-state index contributed by atoms with van der Waals surface area (Å²) in [6.45, 7) is 0. The zero-order valence-corrected chi connectivity index (χ0v) is 6.10. The summed E-state index contributed by atoms with van der Waals surface area (Å²) < 4.78 is 0. The van der Waals surface area contributed by atoms with E-state index in [4.69, 9.17) is 0 Å². The molecule has 0 aromatic rings. The highest BCUT2D eigenvalue weighted by Gasteiger charge is 2.25. The smallest absolute Gasteiger partial charge is 0.294 e. The molecular weight excluding hydrogens is 150 g/mol. The van der Waals surface area contributed by atoms with E-state index < -0.39 is 17.3 Å². The highest BCUT2D eigenvalue weighted by atomic mass is 17.0. The number of hydrogen-bond donors (Lipinski definition) is 1. The summed E-state index contributed by atoms with van der Waals surface area (Å²) >= 11 is 0. The summed E-state index contributed by atoms with van der Waals surface area (Å²) in [6.07, 6.45) is 1.77. The van der Waals surface area contributed by atoms with Gasteiger partial charge in [0.05, 0.1) is 6.10 Å². The van der Waals surface area contributed by atoms with Crippen molar-refractivity contribution in [3.63, 3.8) is 0 Å². The van der Waals surface area contributed by atoms with Crippen LogP contribution in [0.1, 0.15) is 25.7 Å². The molecule has 0 bridgehead atoms. The highest BCUT2D eigenvalue weighted by molar-refractivity contribution is 4.73. The summed E-state index contributed by atoms with van der Waals surface area (Å²) in [5, 5.41) is 18.2. The van der Waals surface area contributed by atoms with Crippen LogP contribution in [0.25, 0.3) is 0 Å². The van der Waals surface area contributed by atoms with Crippen LogP contribution in [0.4, 0.5) is 0 Å². The highest BCUT2D eigenvalue weighted by Crippen LogP contribution is 2.20. The van der Waals surface area contributed by atoms with Crippen LogP contribution < -0.4 is 0 Å². The van der Waals surface area contributed by atoms with Crippen molar-refractivity contribution >= 4 is 0 Å². The fourth-order valence-corrected chi connectivity index (χ4v) is 1.31. The van der Waals surface area contributed by atoms with Crippen LogP contribution in [0.15, 0.2) is 0 Å². The van der Waals surface area contributed by atoms with E-state index in [0.29, 0.717) is 12.8 Å². The summed E-state index contributed by atoms with van der Waals surface area (Å²) in [6, 6.07) is 0. The summed E-state index contributed by atoms with van der Waals surface area (Å²) in [7, 11) is 0. The molecule has 0 aromatic carbocycles. The van der Waals surface area contributed by atoms with Crippen molar-refractivity contribution in [2.45, 2.75) is 37.9 Å². The van der Waals surface area contributed by atoms with Crippen molar-refractivity contribution in [3.8, 4) is 0 Å². The van der Waals surface area contributed by atoms with Crippen LogP contribution in [0.2, 0.25) is 0 Å². The van der Waals surface area contributed by atoms with Gasteiger partial charge < -0.3 is 9.94 Å². The second-order valence-electron chi connectivity index (χ2n) is 2.72. The third kappa shape index (κ3) is 2.34. The first-order valence-corrected chi connectivity index (χ1v) is 3.69. The van der Waals surface area contributed by atoms with Crippen LogP contribution in [-0.2, 0) is 4.84 Å². The molecule has 0 heterocycles. The first-order valence-electron chi connectivity index (χ1n) is 3.69. The average molecular weight is 161 g/mol. The maximum absolute atomic E-state index is 9.89. The zero-order chi connectivity index (χ0) is 8.27. The molecule has 5 heteroatoms. The van der Waals surface area contributed by atoms with E-state index in [9.17, 15) is 15.2 Å². The van der Waals surface area contributed by atoms with Gasteiger partial charge in [0.25, 0.3) is 5.09 Å². The molecular formula is C6H11NO4. The predicted molar refractivity (Wildman–Crippen MR) is 36.3 cm³/mol. The molecule has 1 saturated carbocycles. The van der Waals surface area contributed by atoms with E-state index in [-0.39, 0.29) is 0 Å². The molecule has 0 aliphatic heterocycles. The Balaban J connectivity index is 2.35. The number of aliphatic hydroxyl groups excluding tert-OH is 1. The standard InChI is InChI=1S/C6H11NO4/c8-5-3-1-2-4-6(5)11-7(9)10/h5-6,8H,1-4H2/t5-,6+/m1/s1. The summed E-state index contributed by atoms with van der Waals surface area (Å²) in [5.41, 5.74) is 0. The van der Waals surface area contributed by atoms with E-state index in [1.54, 1.807) is 0 Å². The second-order valence-corrected chi connectivity index (χ2v) is 2.72. The molecule has 1 rings (SSSR count). The normalized spacial score (nSPS) is 31.4. The molecule has 0 unspecified atom stereocenters. The molecule has 64 valence electrons. The second kappa shape index (κ2) is 3.52. The van der Waals surface area contributed by atoms with Crippen molar-refractivity contribution < 1.29 is 15.0 Å². The Labute approximate surface area is 64.1 Å². The van der Waals surface area contributed by atoms with Gasteiger partial charge in [0.2, 0.25) is 0 Å². The first-order chi connectivity index (χ1) is 5.20. The number of rotatable bonds is 2. The van der Waals surface area contributed by atoms with Gasteiger partial charge in [-0.3, -0.25) is 0 Å². The van der Waals surface area contributed by atoms with Gasteiger partial charge in [0, 0.05) is 0 Å². The number of aliphatic hydroxyl groups is 1. The molecule has 1 N–H and O–H groups in total. The largest absolute Gasteiger partial charge is 0.391 e. The Kier molecular flexibility index (Phi) is 2.64. The lowest BCUT2D eigenvalue weighted by molar-refractivity contribution is -0.771. The maximum atomic E-state index is 9.89. The lowest BCUT2D eigenvalue weighted by Gasteiger charge is -2.24. The van der Waals surface area contributed by atoms with Gasteiger partial charge in [-0.2, -0.15) is 0 Å². The molecule has 11 heavy (non-hydrogen) atoms. The summed E-state index contributed by atoms with van der Waals surface area (Å²) in [5.74, 6) is 0. The van der Waals surface area contributed by atoms with E-state index in [0.717, 1.165) is 12.8 Å². The Hall–Kier alpha value is -0.840. The van der Waals surface area contributed by atoms with E-state index in [1.807, 2.05) is 0 Å². The van der Waals surface area contributed by atoms with Crippen LogP contribution in [0.3, 0.4) is 0 Å². The predicted octanol–water partition coefficient (Wildman–Crippen LogP) is 0.498. The van der Waals surface area contributed by atoms with Gasteiger partial charge in [0.1, 0.15) is 6.10 Å². The molecule has 0 aromatic heterocycles. The maximum Gasteiger partial charge on any atom is 0.294 e. The molecule has 0 radical (unpaired) electrons. The molecule has 1 fully saturated rings. The van der Waals surface area contributed by atoms with Gasteiger partial charge in [0.15, 0.2) is 0 Å². The third-order valence-corrected chi connectivity index (χ3v) is 1.89. The van der Waals surface area contributed by atoms with Gasteiger partial charge in [-0.1, -0.05) is 12.8 Å². The Bertz CT molecular complexity index is 150. The van der Waals surface area contributed by atoms with Gasteiger partial charge in [-0.05, 0) is 12.8 Å². The van der Waals surface area contributed by atoms with E-state index >= 15 is 0 Å². The van der Waals surface area contributed by atoms with E-state index in [1.165, 1.54) is 0 Å². The Morgan fingerprint density at radius 1 is 1.45 bits per heavy atom. The molecule has 0 saturated heterocycles. The number of hydrogen-bond acceptors (Lipinski definition) is 4. The Morgan fingerprint density at radius 3 is 2.64 bits per heavy atom. The first kappa shape index (κ1) is 8.26.